The van der Waals surface area contributed by atoms with Gasteiger partial charge in [0.05, 0.1) is 12.8 Å². The van der Waals surface area contributed by atoms with Gasteiger partial charge < -0.3 is 20.5 Å². The lowest BCUT2D eigenvalue weighted by Crippen LogP contribution is -2.38. The van der Waals surface area contributed by atoms with Crippen molar-refractivity contribution in [2.45, 2.75) is 23.8 Å². The number of ether oxygens (including phenoxy) is 2. The van der Waals surface area contributed by atoms with Gasteiger partial charge in [0.15, 0.2) is 6.61 Å². The molecule has 9 heteroatoms. The average molecular weight is 341 g/mol. The lowest BCUT2D eigenvalue weighted by molar-refractivity contribution is -0.118. The van der Waals surface area contributed by atoms with Gasteiger partial charge in [-0.05, 0) is 18.8 Å². The van der Waals surface area contributed by atoms with E-state index in [-0.39, 0.29) is 41.5 Å². The molecule has 1 fully saturated rings. The molecule has 0 saturated heterocycles. The van der Waals surface area contributed by atoms with Crippen molar-refractivity contribution in [2.75, 3.05) is 25.6 Å². The molecule has 1 aromatic carbocycles. The second kappa shape index (κ2) is 5.99. The van der Waals surface area contributed by atoms with Crippen LogP contribution < -0.4 is 25.2 Å². The van der Waals surface area contributed by atoms with Gasteiger partial charge in [-0.1, -0.05) is 0 Å². The third-order valence-electron chi connectivity index (χ3n) is 3.92. The predicted octanol–water partition coefficient (Wildman–Crippen LogP) is 0.0417. The second-order valence-corrected chi connectivity index (χ2v) is 7.42. The van der Waals surface area contributed by atoms with Gasteiger partial charge in [-0.2, -0.15) is 0 Å². The van der Waals surface area contributed by atoms with E-state index in [1.165, 1.54) is 19.2 Å². The van der Waals surface area contributed by atoms with Crippen molar-refractivity contribution >= 4 is 21.6 Å². The Labute approximate surface area is 134 Å². The fraction of sp³-hybridized carbons (Fsp3) is 0.500. The molecule has 4 N–H and O–H groups in total. The van der Waals surface area contributed by atoms with Crippen molar-refractivity contribution in [1.82, 2.24) is 4.72 Å². The second-order valence-electron chi connectivity index (χ2n) is 5.69. The summed E-state index contributed by atoms with van der Waals surface area (Å²) in [6.07, 6.45) is 2.08. The number of hydrogen-bond donors (Lipinski definition) is 3. The first-order valence-electron chi connectivity index (χ1n) is 7.30. The number of anilines is 1. The first kappa shape index (κ1) is 16.0. The molecule has 1 aliphatic heterocycles. The third kappa shape index (κ3) is 3.41. The van der Waals surface area contributed by atoms with E-state index in [0.717, 1.165) is 12.8 Å². The maximum atomic E-state index is 12.5. The molecule has 8 nitrogen and oxygen atoms in total. The molecule has 1 atom stereocenters. The summed E-state index contributed by atoms with van der Waals surface area (Å²) < 4.78 is 38.0. The SMILES string of the molecule is COc1cc2c(cc1S(=O)(=O)NCC(N)C1CC1)OCC(=O)N2. The summed E-state index contributed by atoms with van der Waals surface area (Å²) in [5.74, 6) is 0.504. The number of amides is 1. The number of carbonyl (C=O) groups excluding carboxylic acids is 1. The normalized spacial score (nSPS) is 18.6. The molecule has 1 unspecified atom stereocenters. The molecule has 1 heterocycles. The zero-order valence-electron chi connectivity index (χ0n) is 12.7. The summed E-state index contributed by atoms with van der Waals surface area (Å²) in [6.45, 7) is 0.0175. The molecule has 1 saturated carbocycles. The lowest BCUT2D eigenvalue weighted by Gasteiger charge is -2.21. The van der Waals surface area contributed by atoms with Crippen LogP contribution in [0.4, 0.5) is 5.69 Å². The summed E-state index contributed by atoms with van der Waals surface area (Å²) in [5, 5.41) is 2.61. The average Bonchev–Trinajstić information content (AvgIpc) is 3.36. The van der Waals surface area contributed by atoms with Crippen molar-refractivity contribution in [3.05, 3.63) is 12.1 Å². The topological polar surface area (TPSA) is 120 Å². The molecule has 126 valence electrons. The van der Waals surface area contributed by atoms with Gasteiger partial charge >= 0.3 is 0 Å². The monoisotopic (exact) mass is 341 g/mol. The van der Waals surface area contributed by atoms with Crippen molar-refractivity contribution in [1.29, 1.82) is 0 Å². The zero-order valence-corrected chi connectivity index (χ0v) is 13.5. The first-order valence-corrected chi connectivity index (χ1v) is 8.79. The summed E-state index contributed by atoms with van der Waals surface area (Å²) in [4.78, 5) is 11.3. The molecular weight excluding hydrogens is 322 g/mol. The largest absolute Gasteiger partial charge is 0.495 e. The van der Waals surface area contributed by atoms with Crippen LogP contribution in [-0.2, 0) is 14.8 Å². The molecule has 1 aromatic rings. The number of fused-ring (bicyclic) bond motifs is 1. The first-order chi connectivity index (χ1) is 10.9. The number of methoxy groups -OCH3 is 1. The molecule has 0 radical (unpaired) electrons. The minimum atomic E-state index is -3.80. The van der Waals surface area contributed by atoms with Crippen molar-refractivity contribution in [3.63, 3.8) is 0 Å². The maximum absolute atomic E-state index is 12.5. The van der Waals surface area contributed by atoms with E-state index in [2.05, 4.69) is 10.0 Å². The van der Waals surface area contributed by atoms with Crippen molar-refractivity contribution in [3.8, 4) is 11.5 Å². The maximum Gasteiger partial charge on any atom is 0.262 e. The summed E-state index contributed by atoms with van der Waals surface area (Å²) in [7, 11) is -2.44. The highest BCUT2D eigenvalue weighted by Gasteiger charge is 2.31. The summed E-state index contributed by atoms with van der Waals surface area (Å²) in [6, 6.07) is 2.59. The molecule has 1 aliphatic carbocycles. The van der Waals surface area contributed by atoms with Crippen molar-refractivity contribution < 1.29 is 22.7 Å². The summed E-state index contributed by atoms with van der Waals surface area (Å²) in [5.41, 5.74) is 6.31. The van der Waals surface area contributed by atoms with Crippen LogP contribution in [0.1, 0.15) is 12.8 Å². The van der Waals surface area contributed by atoms with Crippen LogP contribution in [0.2, 0.25) is 0 Å². The number of rotatable bonds is 6. The van der Waals surface area contributed by atoms with E-state index in [0.29, 0.717) is 11.6 Å². The Morgan fingerprint density at radius 1 is 1.48 bits per heavy atom. The Morgan fingerprint density at radius 3 is 2.87 bits per heavy atom. The van der Waals surface area contributed by atoms with Crippen LogP contribution in [0.15, 0.2) is 17.0 Å². The molecule has 23 heavy (non-hydrogen) atoms. The van der Waals surface area contributed by atoms with E-state index in [4.69, 9.17) is 15.2 Å². The summed E-state index contributed by atoms with van der Waals surface area (Å²) >= 11 is 0. The van der Waals surface area contributed by atoms with Crippen LogP contribution in [0.3, 0.4) is 0 Å². The lowest BCUT2D eigenvalue weighted by atomic mass is 10.2. The van der Waals surface area contributed by atoms with Crippen LogP contribution in [0.25, 0.3) is 0 Å². The van der Waals surface area contributed by atoms with Crippen molar-refractivity contribution in [2.24, 2.45) is 11.7 Å². The van der Waals surface area contributed by atoms with E-state index < -0.39 is 10.0 Å². The minimum absolute atomic E-state index is 0.0436. The van der Waals surface area contributed by atoms with E-state index >= 15 is 0 Å². The van der Waals surface area contributed by atoms with Crippen LogP contribution >= 0.6 is 0 Å². The minimum Gasteiger partial charge on any atom is -0.495 e. The van der Waals surface area contributed by atoms with Gasteiger partial charge in [0, 0.05) is 24.7 Å². The highest BCUT2D eigenvalue weighted by Crippen LogP contribution is 2.37. The quantitative estimate of drug-likeness (QED) is 0.672. The number of hydrogen-bond acceptors (Lipinski definition) is 6. The van der Waals surface area contributed by atoms with Gasteiger partial charge in [-0.25, -0.2) is 13.1 Å². The highest BCUT2D eigenvalue weighted by molar-refractivity contribution is 7.89. The number of nitrogens with two attached hydrogens (primary N) is 1. The fourth-order valence-electron chi connectivity index (χ4n) is 2.43. The Kier molecular flexibility index (Phi) is 4.17. The standard InChI is InChI=1S/C14H19N3O5S/c1-21-12-4-10-11(22-7-14(18)17-10)5-13(12)23(19,20)16-6-9(15)8-2-3-8/h4-5,8-9,16H,2-3,6-7,15H2,1H3,(H,17,18). The van der Waals surface area contributed by atoms with E-state index in [9.17, 15) is 13.2 Å². The number of nitrogens with one attached hydrogen (secondary N) is 2. The third-order valence-corrected chi connectivity index (χ3v) is 5.37. The molecule has 0 bridgehead atoms. The predicted molar refractivity (Wildman–Crippen MR) is 83.0 cm³/mol. The van der Waals surface area contributed by atoms with Crippen LogP contribution in [0.5, 0.6) is 11.5 Å². The number of benzene rings is 1. The number of sulfonamides is 1. The Bertz CT molecular complexity index is 730. The van der Waals surface area contributed by atoms with E-state index in [1.807, 2.05) is 0 Å². The van der Waals surface area contributed by atoms with Gasteiger partial charge in [0.1, 0.15) is 16.4 Å². The van der Waals surface area contributed by atoms with Gasteiger partial charge in [0.25, 0.3) is 5.91 Å². The molecule has 3 rings (SSSR count). The van der Waals surface area contributed by atoms with Gasteiger partial charge in [-0.3, -0.25) is 4.79 Å². The van der Waals surface area contributed by atoms with Crippen LogP contribution in [-0.4, -0.2) is 40.6 Å². The smallest absolute Gasteiger partial charge is 0.262 e. The molecule has 0 aromatic heterocycles. The molecule has 1 amide bonds. The highest BCUT2D eigenvalue weighted by atomic mass is 32.2. The van der Waals surface area contributed by atoms with Gasteiger partial charge in [0.2, 0.25) is 10.0 Å². The fourth-order valence-corrected chi connectivity index (χ4v) is 3.67. The van der Waals surface area contributed by atoms with Gasteiger partial charge in [-0.15, -0.1) is 0 Å². The molecule has 2 aliphatic rings. The van der Waals surface area contributed by atoms with E-state index in [1.54, 1.807) is 0 Å². The molecular formula is C14H19N3O5S. The number of carbonyl (C=O) groups is 1. The molecule has 0 spiro atoms. The zero-order chi connectivity index (χ0) is 16.6. The Morgan fingerprint density at radius 2 is 2.22 bits per heavy atom. The Balaban J connectivity index is 1.86. The van der Waals surface area contributed by atoms with Crippen LogP contribution in [0, 0.1) is 5.92 Å². The Hall–Kier alpha value is -1.84.